The van der Waals surface area contributed by atoms with E-state index in [1.165, 1.54) is 5.57 Å². The summed E-state index contributed by atoms with van der Waals surface area (Å²) in [6, 6.07) is 0. The molecule has 1 aliphatic heterocycles. The van der Waals surface area contributed by atoms with E-state index in [0.717, 1.165) is 36.1 Å². The fraction of sp³-hybridized carbons (Fsp3) is 0.462. The first kappa shape index (κ1) is 12.4. The van der Waals surface area contributed by atoms with Gasteiger partial charge in [-0.05, 0) is 40.8 Å². The molecule has 1 fully saturated rings. The summed E-state index contributed by atoms with van der Waals surface area (Å²) in [4.78, 5) is 0. The second-order valence-corrected chi connectivity index (χ2v) is 4.85. The van der Waals surface area contributed by atoms with Crippen molar-refractivity contribution in [2.75, 3.05) is 6.61 Å². The Kier molecular flexibility index (Phi) is 4.93. The van der Waals surface area contributed by atoms with Crippen LogP contribution in [0.5, 0.6) is 0 Å². The third-order valence-corrected chi connectivity index (χ3v) is 3.10. The molecular weight excluding hydrogens is 252 g/mol. The summed E-state index contributed by atoms with van der Waals surface area (Å²) in [6.45, 7) is 10.6. The van der Waals surface area contributed by atoms with E-state index in [-0.39, 0.29) is 0 Å². The minimum Gasteiger partial charge on any atom is -0.496 e. The Balaban J connectivity index is 2.79. The minimum absolute atomic E-state index is 0.674. The van der Waals surface area contributed by atoms with E-state index in [0.29, 0.717) is 5.92 Å². The van der Waals surface area contributed by atoms with Crippen molar-refractivity contribution in [3.8, 4) is 0 Å². The van der Waals surface area contributed by atoms with Crippen molar-refractivity contribution in [1.82, 2.24) is 0 Å². The van der Waals surface area contributed by atoms with E-state index in [2.05, 4.69) is 41.7 Å². The average Bonchev–Trinajstić information content (AvgIpc) is 2.13. The summed E-state index contributed by atoms with van der Waals surface area (Å²) >= 11 is 3.46. The molecule has 15 heavy (non-hydrogen) atoms. The van der Waals surface area contributed by atoms with Crippen LogP contribution in [0.4, 0.5) is 0 Å². The molecule has 82 valence electrons. The van der Waals surface area contributed by atoms with Gasteiger partial charge in [0.05, 0.1) is 11.1 Å². The Morgan fingerprint density at radius 1 is 1.67 bits per heavy atom. The van der Waals surface area contributed by atoms with Gasteiger partial charge in [-0.1, -0.05) is 25.7 Å². The van der Waals surface area contributed by atoms with Crippen molar-refractivity contribution in [2.45, 2.75) is 26.2 Å². The van der Waals surface area contributed by atoms with Gasteiger partial charge in [0.2, 0.25) is 0 Å². The highest BCUT2D eigenvalue weighted by Crippen LogP contribution is 2.28. The van der Waals surface area contributed by atoms with Gasteiger partial charge in [0, 0.05) is 6.42 Å². The molecule has 0 aliphatic carbocycles. The van der Waals surface area contributed by atoms with Crippen LogP contribution in [0.2, 0.25) is 0 Å². The Morgan fingerprint density at radius 3 is 3.07 bits per heavy atom. The molecule has 1 saturated heterocycles. The molecular formula is C13H17BrO. The molecule has 0 radical (unpaired) electrons. The van der Waals surface area contributed by atoms with Crippen LogP contribution in [-0.2, 0) is 4.74 Å². The predicted molar refractivity (Wildman–Crippen MR) is 67.8 cm³/mol. The van der Waals surface area contributed by atoms with Gasteiger partial charge in [0.1, 0.15) is 5.76 Å². The zero-order valence-electron chi connectivity index (χ0n) is 9.18. The molecule has 1 rings (SSSR count). The molecule has 0 aromatic rings. The fourth-order valence-corrected chi connectivity index (χ4v) is 2.07. The number of halogens is 1. The monoisotopic (exact) mass is 268 g/mol. The quantitative estimate of drug-likeness (QED) is 0.508. The van der Waals surface area contributed by atoms with Crippen LogP contribution in [0.1, 0.15) is 26.2 Å². The van der Waals surface area contributed by atoms with Crippen LogP contribution in [0.25, 0.3) is 0 Å². The van der Waals surface area contributed by atoms with Gasteiger partial charge < -0.3 is 4.74 Å². The van der Waals surface area contributed by atoms with Gasteiger partial charge in [-0.2, -0.15) is 0 Å². The third kappa shape index (κ3) is 4.11. The van der Waals surface area contributed by atoms with Crippen molar-refractivity contribution in [2.24, 2.45) is 5.92 Å². The molecule has 1 nitrogen and oxygen atoms in total. The van der Waals surface area contributed by atoms with Gasteiger partial charge in [-0.15, -0.1) is 5.73 Å². The molecule has 0 saturated carbocycles. The van der Waals surface area contributed by atoms with E-state index in [9.17, 15) is 0 Å². The number of hydrogen-bond acceptors (Lipinski definition) is 1. The smallest absolute Gasteiger partial charge is 0.115 e. The lowest BCUT2D eigenvalue weighted by molar-refractivity contribution is 0.177. The van der Waals surface area contributed by atoms with E-state index in [1.807, 2.05) is 0 Å². The summed E-state index contributed by atoms with van der Waals surface area (Å²) in [5.41, 5.74) is 3.96. The van der Waals surface area contributed by atoms with Crippen LogP contribution < -0.4 is 0 Å². The molecule has 1 heterocycles. The predicted octanol–water partition coefficient (Wildman–Crippen LogP) is 4.33. The standard InChI is InChI=1S/C13H17BrO/c1-4-5-12(14)13-9-11(3)8-10(2)6-7-15-13/h5,10H,1,3,6-9H2,2H3/b13-12-. The highest BCUT2D eigenvalue weighted by atomic mass is 79.9. The van der Waals surface area contributed by atoms with Gasteiger partial charge in [0.25, 0.3) is 0 Å². The second kappa shape index (κ2) is 5.99. The molecule has 1 unspecified atom stereocenters. The summed E-state index contributed by atoms with van der Waals surface area (Å²) in [5.74, 6) is 1.62. The summed E-state index contributed by atoms with van der Waals surface area (Å²) in [7, 11) is 0. The first-order chi connectivity index (χ1) is 7.13. The van der Waals surface area contributed by atoms with Crippen molar-refractivity contribution in [3.05, 3.63) is 40.8 Å². The number of rotatable bonds is 1. The van der Waals surface area contributed by atoms with Gasteiger partial charge in [0.15, 0.2) is 0 Å². The topological polar surface area (TPSA) is 9.23 Å². The zero-order chi connectivity index (χ0) is 11.3. The Hall–Kier alpha value is -0.720. The van der Waals surface area contributed by atoms with E-state index in [4.69, 9.17) is 4.74 Å². The van der Waals surface area contributed by atoms with E-state index in [1.54, 1.807) is 6.08 Å². The molecule has 0 spiro atoms. The maximum Gasteiger partial charge on any atom is 0.115 e. The maximum atomic E-state index is 5.71. The highest BCUT2D eigenvalue weighted by molar-refractivity contribution is 9.11. The first-order valence-corrected chi connectivity index (χ1v) is 5.96. The maximum absolute atomic E-state index is 5.71. The number of hydrogen-bond donors (Lipinski definition) is 0. The molecule has 0 amide bonds. The molecule has 2 heteroatoms. The van der Waals surface area contributed by atoms with Crippen LogP contribution in [-0.4, -0.2) is 6.61 Å². The normalized spacial score (nSPS) is 25.7. The van der Waals surface area contributed by atoms with E-state index < -0.39 is 0 Å². The van der Waals surface area contributed by atoms with Crippen molar-refractivity contribution >= 4 is 15.9 Å². The van der Waals surface area contributed by atoms with Gasteiger partial charge in [-0.25, -0.2) is 0 Å². The molecule has 1 atom stereocenters. The van der Waals surface area contributed by atoms with Crippen LogP contribution in [0.3, 0.4) is 0 Å². The first-order valence-electron chi connectivity index (χ1n) is 5.17. The molecule has 0 bridgehead atoms. The summed E-state index contributed by atoms with van der Waals surface area (Å²) in [5, 5.41) is 0. The summed E-state index contributed by atoms with van der Waals surface area (Å²) < 4.78 is 6.64. The van der Waals surface area contributed by atoms with Crippen molar-refractivity contribution in [3.63, 3.8) is 0 Å². The lowest BCUT2D eigenvalue weighted by Crippen LogP contribution is -2.08. The Bertz CT molecular complexity index is 321. The third-order valence-electron chi connectivity index (χ3n) is 2.43. The van der Waals surface area contributed by atoms with Crippen LogP contribution in [0, 0.1) is 5.92 Å². The van der Waals surface area contributed by atoms with E-state index >= 15 is 0 Å². The average molecular weight is 269 g/mol. The summed E-state index contributed by atoms with van der Waals surface area (Å²) in [6.07, 6.45) is 4.77. The lowest BCUT2D eigenvalue weighted by atomic mass is 9.96. The number of ether oxygens (including phenoxy) is 1. The second-order valence-electron chi connectivity index (χ2n) is 3.99. The SMILES string of the molecule is C=C=C/C(Br)=C1\CC(=C)CC(C)CCO1. The zero-order valence-corrected chi connectivity index (χ0v) is 10.8. The Labute approximate surface area is 100 Å². The lowest BCUT2D eigenvalue weighted by Gasteiger charge is -2.21. The largest absolute Gasteiger partial charge is 0.496 e. The van der Waals surface area contributed by atoms with Gasteiger partial charge >= 0.3 is 0 Å². The Morgan fingerprint density at radius 2 is 2.40 bits per heavy atom. The highest BCUT2D eigenvalue weighted by Gasteiger charge is 2.13. The van der Waals surface area contributed by atoms with Crippen molar-refractivity contribution < 1.29 is 4.74 Å². The van der Waals surface area contributed by atoms with Crippen LogP contribution in [0.15, 0.2) is 40.8 Å². The van der Waals surface area contributed by atoms with Crippen LogP contribution >= 0.6 is 15.9 Å². The molecule has 0 aromatic carbocycles. The number of allylic oxidation sites excluding steroid dienone is 3. The molecule has 1 aliphatic rings. The fourth-order valence-electron chi connectivity index (χ4n) is 1.65. The molecule has 0 N–H and O–H groups in total. The van der Waals surface area contributed by atoms with Gasteiger partial charge in [-0.3, -0.25) is 0 Å². The minimum atomic E-state index is 0.674. The van der Waals surface area contributed by atoms with Crippen molar-refractivity contribution in [1.29, 1.82) is 0 Å². The molecule has 0 aromatic heterocycles.